The number of aryl methyl sites for hydroxylation is 1. The van der Waals surface area contributed by atoms with Gasteiger partial charge in [-0.3, -0.25) is 0 Å². The molecule has 2 aromatic carbocycles. The van der Waals surface area contributed by atoms with E-state index < -0.39 is 10.0 Å². The van der Waals surface area contributed by atoms with Crippen molar-refractivity contribution in [3.63, 3.8) is 0 Å². The van der Waals surface area contributed by atoms with Crippen molar-refractivity contribution < 1.29 is 8.42 Å². The summed E-state index contributed by atoms with van der Waals surface area (Å²) in [6, 6.07) is 18.4. The highest BCUT2D eigenvalue weighted by Crippen LogP contribution is 2.29. The summed E-state index contributed by atoms with van der Waals surface area (Å²) < 4.78 is 27.9. The van der Waals surface area contributed by atoms with E-state index >= 15 is 0 Å². The summed E-state index contributed by atoms with van der Waals surface area (Å²) in [5.41, 5.74) is 2.05. The van der Waals surface area contributed by atoms with Crippen LogP contribution < -0.4 is 4.72 Å². The van der Waals surface area contributed by atoms with Crippen LogP contribution in [-0.2, 0) is 10.0 Å². The van der Waals surface area contributed by atoms with Crippen molar-refractivity contribution in [2.75, 3.05) is 6.54 Å². The van der Waals surface area contributed by atoms with Gasteiger partial charge in [-0.15, -0.1) is 11.3 Å². The van der Waals surface area contributed by atoms with Gasteiger partial charge in [0.15, 0.2) is 0 Å². The second-order valence-electron chi connectivity index (χ2n) is 5.78. The van der Waals surface area contributed by atoms with Gasteiger partial charge in [0.05, 0.1) is 4.90 Å². The van der Waals surface area contributed by atoms with Crippen LogP contribution in [0.2, 0.25) is 5.02 Å². The van der Waals surface area contributed by atoms with Gasteiger partial charge in [-0.05, 0) is 48.2 Å². The lowest BCUT2D eigenvalue weighted by Gasteiger charge is -2.17. The minimum atomic E-state index is -3.55. The number of sulfonamides is 1. The molecule has 1 atom stereocenters. The van der Waals surface area contributed by atoms with E-state index in [1.807, 2.05) is 48.7 Å². The van der Waals surface area contributed by atoms with Crippen LogP contribution in [0.1, 0.15) is 21.9 Å². The molecule has 1 N–H and O–H groups in total. The summed E-state index contributed by atoms with van der Waals surface area (Å²) >= 11 is 7.59. The van der Waals surface area contributed by atoms with E-state index in [0.29, 0.717) is 11.6 Å². The first kappa shape index (κ1) is 18.1. The molecule has 1 unspecified atom stereocenters. The molecule has 0 saturated heterocycles. The summed E-state index contributed by atoms with van der Waals surface area (Å²) in [5, 5.41) is 2.65. The van der Waals surface area contributed by atoms with Gasteiger partial charge in [-0.1, -0.05) is 47.5 Å². The molecule has 130 valence electrons. The van der Waals surface area contributed by atoms with Gasteiger partial charge < -0.3 is 0 Å². The Balaban J connectivity index is 1.83. The number of nitrogens with one attached hydrogen (secondary N) is 1. The maximum Gasteiger partial charge on any atom is 0.240 e. The van der Waals surface area contributed by atoms with Gasteiger partial charge in [0.1, 0.15) is 0 Å². The average Bonchev–Trinajstić information content (AvgIpc) is 3.11. The highest BCUT2D eigenvalue weighted by molar-refractivity contribution is 7.89. The summed E-state index contributed by atoms with van der Waals surface area (Å²) in [7, 11) is -3.55. The smallest absolute Gasteiger partial charge is 0.210 e. The third-order valence-electron chi connectivity index (χ3n) is 3.97. The second-order valence-corrected chi connectivity index (χ2v) is 8.97. The summed E-state index contributed by atoms with van der Waals surface area (Å²) in [6.45, 7) is 2.22. The van der Waals surface area contributed by atoms with Gasteiger partial charge in [0.2, 0.25) is 10.0 Å². The van der Waals surface area contributed by atoms with Crippen LogP contribution >= 0.6 is 22.9 Å². The van der Waals surface area contributed by atoms with Gasteiger partial charge in [-0.2, -0.15) is 0 Å². The number of benzene rings is 2. The Hall–Kier alpha value is -1.66. The first-order valence-corrected chi connectivity index (χ1v) is 10.5. The van der Waals surface area contributed by atoms with Crippen LogP contribution in [0, 0.1) is 6.92 Å². The Bertz CT molecular complexity index is 919. The van der Waals surface area contributed by atoms with Crippen LogP contribution in [0.25, 0.3) is 0 Å². The zero-order chi connectivity index (χ0) is 17.9. The highest BCUT2D eigenvalue weighted by Gasteiger charge is 2.20. The fraction of sp³-hybridized carbons (Fsp3) is 0.158. The van der Waals surface area contributed by atoms with Crippen LogP contribution in [-0.4, -0.2) is 15.0 Å². The molecular weight excluding hydrogens is 374 g/mol. The van der Waals surface area contributed by atoms with Crippen molar-refractivity contribution in [1.29, 1.82) is 0 Å². The van der Waals surface area contributed by atoms with Crippen LogP contribution in [0.5, 0.6) is 0 Å². The van der Waals surface area contributed by atoms with E-state index in [1.165, 1.54) is 0 Å². The number of thiophene rings is 1. The Kier molecular flexibility index (Phi) is 5.59. The Morgan fingerprint density at radius 2 is 1.72 bits per heavy atom. The molecule has 1 aromatic heterocycles. The quantitative estimate of drug-likeness (QED) is 0.654. The molecule has 3 nitrogen and oxygen atoms in total. The fourth-order valence-electron chi connectivity index (χ4n) is 2.56. The molecule has 0 saturated carbocycles. The molecule has 3 aromatic rings. The first-order chi connectivity index (χ1) is 12.0. The number of hydrogen-bond donors (Lipinski definition) is 1. The van der Waals surface area contributed by atoms with Crippen LogP contribution in [0.4, 0.5) is 0 Å². The lowest BCUT2D eigenvalue weighted by Crippen LogP contribution is -2.28. The molecular formula is C19H18ClNO2S2. The number of hydrogen-bond acceptors (Lipinski definition) is 3. The number of halogens is 1. The maximum atomic E-state index is 12.6. The zero-order valence-electron chi connectivity index (χ0n) is 13.6. The van der Waals surface area contributed by atoms with E-state index in [-0.39, 0.29) is 10.8 Å². The molecule has 0 aliphatic carbocycles. The topological polar surface area (TPSA) is 46.2 Å². The molecule has 0 amide bonds. The Morgan fingerprint density at radius 3 is 2.32 bits per heavy atom. The second kappa shape index (κ2) is 7.70. The van der Waals surface area contributed by atoms with E-state index in [9.17, 15) is 8.42 Å². The predicted molar refractivity (Wildman–Crippen MR) is 104 cm³/mol. The van der Waals surface area contributed by atoms with E-state index in [2.05, 4.69) is 4.72 Å². The summed E-state index contributed by atoms with van der Waals surface area (Å²) in [5.74, 6) is -0.0579. The normalized spacial score (nSPS) is 12.9. The molecule has 6 heteroatoms. The standard InChI is InChI=1S/C19H18ClNO2S2/c1-14-4-10-17(11-5-14)25(22,23)21-13-18(19-3-2-12-24-19)15-6-8-16(20)9-7-15/h2-12,18,21H,13H2,1H3. The third-order valence-corrected chi connectivity index (χ3v) is 6.65. The lowest BCUT2D eigenvalue weighted by atomic mass is 9.98. The van der Waals surface area contributed by atoms with Crippen molar-refractivity contribution in [3.8, 4) is 0 Å². The van der Waals surface area contributed by atoms with E-state index in [0.717, 1.165) is 16.0 Å². The fourth-order valence-corrected chi connectivity index (χ4v) is 4.59. The minimum absolute atomic E-state index is 0.0579. The molecule has 0 spiro atoms. The van der Waals surface area contributed by atoms with Gasteiger partial charge in [-0.25, -0.2) is 13.1 Å². The van der Waals surface area contributed by atoms with Gasteiger partial charge >= 0.3 is 0 Å². The zero-order valence-corrected chi connectivity index (χ0v) is 16.0. The maximum absolute atomic E-state index is 12.6. The van der Waals surface area contributed by atoms with Crippen molar-refractivity contribution in [1.82, 2.24) is 4.72 Å². The van der Waals surface area contributed by atoms with Crippen LogP contribution in [0.3, 0.4) is 0 Å². The van der Waals surface area contributed by atoms with Crippen molar-refractivity contribution >= 4 is 33.0 Å². The number of rotatable bonds is 6. The largest absolute Gasteiger partial charge is 0.240 e. The lowest BCUT2D eigenvalue weighted by molar-refractivity contribution is 0.578. The van der Waals surface area contributed by atoms with Gasteiger partial charge in [0, 0.05) is 22.4 Å². The average molecular weight is 392 g/mol. The van der Waals surface area contributed by atoms with Crippen molar-refractivity contribution in [3.05, 3.63) is 87.1 Å². The Morgan fingerprint density at radius 1 is 1.04 bits per heavy atom. The molecule has 1 heterocycles. The first-order valence-electron chi connectivity index (χ1n) is 7.81. The highest BCUT2D eigenvalue weighted by atomic mass is 35.5. The SMILES string of the molecule is Cc1ccc(S(=O)(=O)NCC(c2ccc(Cl)cc2)c2cccs2)cc1. The molecule has 25 heavy (non-hydrogen) atoms. The van der Waals surface area contributed by atoms with Crippen LogP contribution in [0.15, 0.2) is 70.9 Å². The molecule has 3 rings (SSSR count). The molecule has 0 bridgehead atoms. The van der Waals surface area contributed by atoms with Gasteiger partial charge in [0.25, 0.3) is 0 Å². The van der Waals surface area contributed by atoms with E-state index in [1.54, 1.807) is 35.6 Å². The summed E-state index contributed by atoms with van der Waals surface area (Å²) in [4.78, 5) is 1.38. The minimum Gasteiger partial charge on any atom is -0.210 e. The van der Waals surface area contributed by atoms with E-state index in [4.69, 9.17) is 11.6 Å². The Labute approximate surface area is 157 Å². The third kappa shape index (κ3) is 4.50. The summed E-state index contributed by atoms with van der Waals surface area (Å²) in [6.07, 6.45) is 0. The monoisotopic (exact) mass is 391 g/mol. The molecule has 0 radical (unpaired) electrons. The molecule has 0 aliphatic rings. The molecule has 0 aliphatic heterocycles. The predicted octanol–water partition coefficient (Wildman–Crippen LogP) is 4.82. The van der Waals surface area contributed by atoms with Crippen molar-refractivity contribution in [2.24, 2.45) is 0 Å². The van der Waals surface area contributed by atoms with Crippen molar-refractivity contribution in [2.45, 2.75) is 17.7 Å². The molecule has 0 fully saturated rings.